The molecule has 0 radical (unpaired) electrons. The van der Waals surface area contributed by atoms with Crippen LogP contribution in [-0.4, -0.2) is 19.5 Å². The van der Waals surface area contributed by atoms with Crippen LogP contribution >= 0.6 is 0 Å². The van der Waals surface area contributed by atoms with Gasteiger partial charge in [-0.15, -0.1) is 0 Å². The Kier molecular flexibility index (Phi) is 7.42. The van der Waals surface area contributed by atoms with Crippen LogP contribution in [0.15, 0.2) is 199 Å². The Balaban J connectivity index is 1.15. The quantitative estimate of drug-likeness (QED) is 0.172. The smallest absolute Gasteiger partial charge is 0.164 e. The van der Waals surface area contributed by atoms with Crippen molar-refractivity contribution in [2.75, 3.05) is 0 Å². The van der Waals surface area contributed by atoms with Gasteiger partial charge in [0.05, 0.1) is 16.7 Å². The first kappa shape index (κ1) is 31.9. The predicted molar refractivity (Wildman–Crippen MR) is 229 cm³/mol. The van der Waals surface area contributed by atoms with E-state index in [1.54, 1.807) is 0 Å². The molecule has 0 amide bonds. The van der Waals surface area contributed by atoms with Crippen LogP contribution in [0.25, 0.3) is 106 Å². The number of fused-ring (bicyclic) bond motifs is 6. The molecule has 3 heterocycles. The molecule has 0 bridgehead atoms. The summed E-state index contributed by atoms with van der Waals surface area (Å²) in [5.74, 6) is 1.88. The summed E-state index contributed by atoms with van der Waals surface area (Å²) >= 11 is 0. The number of hydrogen-bond donors (Lipinski definition) is 0. The molecule has 0 aliphatic carbocycles. The fraction of sp³-hybridized carbons (Fsp3) is 0. The molecule has 3 aromatic heterocycles. The molecule has 56 heavy (non-hydrogen) atoms. The third kappa shape index (κ3) is 5.21. The molecule has 0 atom stereocenters. The summed E-state index contributed by atoms with van der Waals surface area (Å²) in [5, 5.41) is 4.54. The highest BCUT2D eigenvalue weighted by atomic mass is 16.3. The topological polar surface area (TPSA) is 56.7 Å². The van der Waals surface area contributed by atoms with Gasteiger partial charge in [0.15, 0.2) is 23.1 Å². The second kappa shape index (κ2) is 13.0. The van der Waals surface area contributed by atoms with Crippen molar-refractivity contribution in [2.45, 2.75) is 0 Å². The highest BCUT2D eigenvalue weighted by Crippen LogP contribution is 2.45. The van der Waals surface area contributed by atoms with E-state index in [9.17, 15) is 0 Å². The van der Waals surface area contributed by atoms with E-state index in [1.165, 1.54) is 10.8 Å². The first-order chi connectivity index (χ1) is 27.8. The van der Waals surface area contributed by atoms with Gasteiger partial charge < -0.3 is 8.98 Å². The molecule has 0 saturated carbocycles. The van der Waals surface area contributed by atoms with Gasteiger partial charge in [-0.3, -0.25) is 0 Å². The Labute approximate surface area is 322 Å². The lowest BCUT2D eigenvalue weighted by molar-refractivity contribution is 0.667. The zero-order valence-electron chi connectivity index (χ0n) is 30.2. The number of para-hydroxylation sites is 3. The van der Waals surface area contributed by atoms with Crippen molar-refractivity contribution in [1.29, 1.82) is 0 Å². The van der Waals surface area contributed by atoms with E-state index in [4.69, 9.17) is 19.4 Å². The highest BCUT2D eigenvalue weighted by molar-refractivity contribution is 6.19. The van der Waals surface area contributed by atoms with E-state index in [-0.39, 0.29) is 0 Å². The summed E-state index contributed by atoms with van der Waals surface area (Å²) in [6, 6.07) is 67.3. The predicted octanol–water partition coefficient (Wildman–Crippen LogP) is 13.2. The molecular weight excluding hydrogens is 685 g/mol. The van der Waals surface area contributed by atoms with Crippen LogP contribution < -0.4 is 0 Å². The van der Waals surface area contributed by atoms with Crippen LogP contribution in [0, 0.1) is 0 Å². The van der Waals surface area contributed by atoms with E-state index in [0.717, 1.165) is 77.6 Å². The van der Waals surface area contributed by atoms with Crippen LogP contribution in [0.2, 0.25) is 0 Å². The lowest BCUT2D eigenvalue weighted by atomic mass is 9.94. The van der Waals surface area contributed by atoms with Crippen molar-refractivity contribution >= 4 is 43.7 Å². The molecule has 0 aliphatic heterocycles. The fourth-order valence-corrected chi connectivity index (χ4v) is 8.09. The third-order valence-corrected chi connectivity index (χ3v) is 10.7. The molecule has 0 fully saturated rings. The van der Waals surface area contributed by atoms with Crippen molar-refractivity contribution in [1.82, 2.24) is 19.5 Å². The second-order valence-electron chi connectivity index (χ2n) is 14.0. The molecule has 0 saturated heterocycles. The van der Waals surface area contributed by atoms with Gasteiger partial charge in [0.2, 0.25) is 0 Å². The van der Waals surface area contributed by atoms with Gasteiger partial charge in [0, 0.05) is 43.8 Å². The van der Waals surface area contributed by atoms with Crippen molar-refractivity contribution in [3.63, 3.8) is 0 Å². The minimum absolute atomic E-state index is 0.613. The Hall–Kier alpha value is -7.63. The van der Waals surface area contributed by atoms with Gasteiger partial charge in [-0.05, 0) is 47.0 Å². The van der Waals surface area contributed by atoms with Gasteiger partial charge in [-0.2, -0.15) is 0 Å². The van der Waals surface area contributed by atoms with Crippen LogP contribution in [0.1, 0.15) is 0 Å². The first-order valence-corrected chi connectivity index (χ1v) is 18.8. The van der Waals surface area contributed by atoms with Crippen molar-refractivity contribution < 1.29 is 4.42 Å². The summed E-state index contributed by atoms with van der Waals surface area (Å²) in [5.41, 5.74) is 12.0. The Bertz CT molecular complexity index is 3130. The maximum Gasteiger partial charge on any atom is 0.164 e. The molecule has 0 unspecified atom stereocenters. The maximum atomic E-state index is 7.14. The summed E-state index contributed by atoms with van der Waals surface area (Å²) in [6.07, 6.45) is 0. The van der Waals surface area contributed by atoms with Crippen molar-refractivity contribution in [3.05, 3.63) is 194 Å². The van der Waals surface area contributed by atoms with Crippen LogP contribution in [0.3, 0.4) is 0 Å². The van der Waals surface area contributed by atoms with E-state index < -0.39 is 0 Å². The molecular formula is C51H32N4O. The molecule has 11 rings (SSSR count). The van der Waals surface area contributed by atoms with Crippen LogP contribution in [0.5, 0.6) is 0 Å². The van der Waals surface area contributed by atoms with Gasteiger partial charge >= 0.3 is 0 Å². The van der Waals surface area contributed by atoms with Crippen LogP contribution in [-0.2, 0) is 0 Å². The number of benzene rings is 8. The number of furan rings is 1. The van der Waals surface area contributed by atoms with Crippen molar-refractivity contribution in [3.8, 4) is 62.1 Å². The maximum absolute atomic E-state index is 7.14. The van der Waals surface area contributed by atoms with Gasteiger partial charge in [-0.25, -0.2) is 15.0 Å². The second-order valence-corrected chi connectivity index (χ2v) is 14.0. The molecule has 0 aliphatic rings. The normalized spacial score (nSPS) is 11.6. The minimum atomic E-state index is 0.613. The highest BCUT2D eigenvalue weighted by Gasteiger charge is 2.22. The molecule has 0 spiro atoms. The third-order valence-electron chi connectivity index (χ3n) is 10.7. The van der Waals surface area contributed by atoms with Crippen LogP contribution in [0.4, 0.5) is 0 Å². The average Bonchev–Trinajstić information content (AvgIpc) is 3.84. The first-order valence-electron chi connectivity index (χ1n) is 18.8. The Morgan fingerprint density at radius 3 is 1.43 bits per heavy atom. The van der Waals surface area contributed by atoms with E-state index >= 15 is 0 Å². The summed E-state index contributed by atoms with van der Waals surface area (Å²) < 4.78 is 9.48. The number of hydrogen-bond acceptors (Lipinski definition) is 4. The number of aromatic nitrogens is 4. The fourth-order valence-electron chi connectivity index (χ4n) is 8.09. The van der Waals surface area contributed by atoms with Crippen molar-refractivity contribution in [2.24, 2.45) is 0 Å². The summed E-state index contributed by atoms with van der Waals surface area (Å²) in [7, 11) is 0. The molecule has 8 aromatic carbocycles. The van der Waals surface area contributed by atoms with Gasteiger partial charge in [-0.1, -0.05) is 164 Å². The standard InChI is InChI=1S/C51H32N4O/c1-4-16-33(17-5-1)39-31-30-38(36-22-14-23-37(32-36)51-53-49(34-18-6-2-7-19-34)52-50(54-51)35-20-8-3-9-21-35)46-42-26-15-29-45(47(42)56-48(39)46)55-43-27-12-10-24-40(43)41-25-11-13-28-44(41)55/h1-32H. The number of rotatable bonds is 6. The molecule has 5 nitrogen and oxygen atoms in total. The van der Waals surface area contributed by atoms with E-state index in [1.807, 2.05) is 66.7 Å². The zero-order chi connectivity index (χ0) is 37.0. The lowest BCUT2D eigenvalue weighted by Crippen LogP contribution is -2.00. The molecule has 0 N–H and O–H groups in total. The van der Waals surface area contributed by atoms with E-state index in [0.29, 0.717) is 17.5 Å². The largest absolute Gasteiger partial charge is 0.453 e. The lowest BCUT2D eigenvalue weighted by Gasteiger charge is -2.11. The van der Waals surface area contributed by atoms with Gasteiger partial charge in [0.25, 0.3) is 0 Å². The average molecular weight is 717 g/mol. The SMILES string of the molecule is c1ccc(-c2nc(-c3ccccc3)nc(-c3cccc(-c4ccc(-c5ccccc5)c5oc6c(-n7c8ccccc8c8ccccc87)cccc6c45)c3)n2)cc1. The number of nitrogens with zero attached hydrogens (tertiary/aromatic N) is 4. The van der Waals surface area contributed by atoms with Gasteiger partial charge in [0.1, 0.15) is 5.58 Å². The molecule has 5 heteroatoms. The molecule has 11 aromatic rings. The molecule has 262 valence electrons. The Morgan fingerprint density at radius 2 is 0.804 bits per heavy atom. The minimum Gasteiger partial charge on any atom is -0.453 e. The Morgan fingerprint density at radius 1 is 0.339 bits per heavy atom. The zero-order valence-corrected chi connectivity index (χ0v) is 30.2. The summed E-state index contributed by atoms with van der Waals surface area (Å²) in [6.45, 7) is 0. The monoisotopic (exact) mass is 716 g/mol. The van der Waals surface area contributed by atoms with E-state index in [2.05, 4.69) is 132 Å². The summed E-state index contributed by atoms with van der Waals surface area (Å²) in [4.78, 5) is 15.0.